The summed E-state index contributed by atoms with van der Waals surface area (Å²) in [5.41, 5.74) is 1.14. The second-order valence-electron chi connectivity index (χ2n) is 3.21. The number of halogens is 1. The first-order valence-corrected chi connectivity index (χ1v) is 5.35. The van der Waals surface area contributed by atoms with Crippen LogP contribution in [-0.4, -0.2) is 28.6 Å². The minimum atomic E-state index is 0.427. The number of aromatic nitrogens is 2. The molecule has 0 aromatic carbocycles. The lowest BCUT2D eigenvalue weighted by Gasteiger charge is -2.23. The van der Waals surface area contributed by atoms with Crippen LogP contribution in [0.2, 0.25) is 0 Å². The molecule has 0 saturated carbocycles. The first-order valence-electron chi connectivity index (χ1n) is 4.23. The second kappa shape index (κ2) is 4.56. The molecule has 1 atom stereocenters. The lowest BCUT2D eigenvalue weighted by Crippen LogP contribution is -2.30. The highest BCUT2D eigenvalue weighted by Gasteiger charge is 2.09. The fourth-order valence-electron chi connectivity index (χ4n) is 0.951. The maximum Gasteiger partial charge on any atom is 0.151 e. The number of hydrogen-bond donors (Lipinski definition) is 0. The van der Waals surface area contributed by atoms with Gasteiger partial charge < -0.3 is 4.90 Å². The topological polar surface area (TPSA) is 29.0 Å². The van der Waals surface area contributed by atoms with Crippen LogP contribution in [0.15, 0.2) is 12.3 Å². The van der Waals surface area contributed by atoms with E-state index < -0.39 is 0 Å². The van der Waals surface area contributed by atoms with E-state index >= 15 is 0 Å². The van der Waals surface area contributed by atoms with Gasteiger partial charge >= 0.3 is 0 Å². The minimum absolute atomic E-state index is 0.427. The van der Waals surface area contributed by atoms with E-state index in [0.717, 1.165) is 16.7 Å². The zero-order valence-corrected chi connectivity index (χ0v) is 9.74. The summed E-state index contributed by atoms with van der Waals surface area (Å²) in [6.07, 6.45) is 1.76. The van der Waals surface area contributed by atoms with Crippen molar-refractivity contribution >= 4 is 21.7 Å². The Balaban J connectivity index is 2.82. The van der Waals surface area contributed by atoms with E-state index in [4.69, 9.17) is 0 Å². The molecule has 72 valence electrons. The highest BCUT2D eigenvalue weighted by molar-refractivity contribution is 9.09. The summed E-state index contributed by atoms with van der Waals surface area (Å²) in [6.45, 7) is 4.16. The Kier molecular flexibility index (Phi) is 3.66. The van der Waals surface area contributed by atoms with Crippen LogP contribution in [0.3, 0.4) is 0 Å². The Labute approximate surface area is 87.3 Å². The average molecular weight is 244 g/mol. The zero-order valence-electron chi connectivity index (χ0n) is 8.16. The zero-order chi connectivity index (χ0) is 9.84. The quantitative estimate of drug-likeness (QED) is 0.761. The van der Waals surface area contributed by atoms with Gasteiger partial charge in [-0.15, -0.1) is 5.10 Å². The van der Waals surface area contributed by atoms with Crippen molar-refractivity contribution in [1.82, 2.24) is 10.2 Å². The molecule has 0 radical (unpaired) electrons. The van der Waals surface area contributed by atoms with Crippen molar-refractivity contribution in [1.29, 1.82) is 0 Å². The number of nitrogens with zero attached hydrogens (tertiary/aromatic N) is 3. The number of rotatable bonds is 3. The molecule has 1 aromatic rings. The lowest BCUT2D eigenvalue weighted by atomic mass is 10.3. The summed E-state index contributed by atoms with van der Waals surface area (Å²) in [5.74, 6) is 0.923. The summed E-state index contributed by atoms with van der Waals surface area (Å²) in [5, 5.41) is 8.91. The standard InChI is InChI=1S/C9H14BrN3/c1-7-4-9(12-11-6-7)13(3)8(2)5-10/h4,6,8H,5H2,1-3H3. The van der Waals surface area contributed by atoms with Crippen molar-refractivity contribution in [2.75, 3.05) is 17.3 Å². The van der Waals surface area contributed by atoms with Crippen LogP contribution in [-0.2, 0) is 0 Å². The van der Waals surface area contributed by atoms with Gasteiger partial charge in [-0.2, -0.15) is 5.10 Å². The Morgan fingerprint density at radius 2 is 2.31 bits per heavy atom. The Bertz CT molecular complexity index is 277. The molecule has 0 aliphatic heterocycles. The second-order valence-corrected chi connectivity index (χ2v) is 3.85. The molecule has 4 heteroatoms. The van der Waals surface area contributed by atoms with Gasteiger partial charge in [0.2, 0.25) is 0 Å². The molecule has 0 fully saturated rings. The summed E-state index contributed by atoms with van der Waals surface area (Å²) in [4.78, 5) is 2.11. The fourth-order valence-corrected chi connectivity index (χ4v) is 1.38. The van der Waals surface area contributed by atoms with Gasteiger partial charge in [0.1, 0.15) is 0 Å². The van der Waals surface area contributed by atoms with E-state index in [1.807, 2.05) is 20.0 Å². The van der Waals surface area contributed by atoms with Crippen molar-refractivity contribution in [2.45, 2.75) is 19.9 Å². The molecule has 1 heterocycles. The Morgan fingerprint density at radius 1 is 1.62 bits per heavy atom. The molecule has 3 nitrogen and oxygen atoms in total. The van der Waals surface area contributed by atoms with E-state index in [1.165, 1.54) is 0 Å². The maximum absolute atomic E-state index is 4.06. The van der Waals surface area contributed by atoms with Crippen LogP contribution in [0.25, 0.3) is 0 Å². The SMILES string of the molecule is Cc1cnnc(N(C)C(C)CBr)c1. The van der Waals surface area contributed by atoms with Gasteiger partial charge in [-0.05, 0) is 25.5 Å². The van der Waals surface area contributed by atoms with E-state index in [-0.39, 0.29) is 0 Å². The van der Waals surface area contributed by atoms with Crippen LogP contribution >= 0.6 is 15.9 Å². The summed E-state index contributed by atoms with van der Waals surface area (Å²) in [7, 11) is 2.02. The molecule has 0 bridgehead atoms. The fraction of sp³-hybridized carbons (Fsp3) is 0.556. The number of hydrogen-bond acceptors (Lipinski definition) is 3. The molecular formula is C9H14BrN3. The van der Waals surface area contributed by atoms with Crippen molar-refractivity contribution in [3.05, 3.63) is 17.8 Å². The smallest absolute Gasteiger partial charge is 0.151 e. The summed E-state index contributed by atoms with van der Waals surface area (Å²) in [6, 6.07) is 2.46. The first-order chi connectivity index (χ1) is 6.15. The molecule has 0 spiro atoms. The van der Waals surface area contributed by atoms with E-state index in [2.05, 4.69) is 38.0 Å². The first kappa shape index (κ1) is 10.4. The number of anilines is 1. The normalized spacial score (nSPS) is 12.6. The third-order valence-corrected chi connectivity index (χ3v) is 2.96. The van der Waals surface area contributed by atoms with Crippen molar-refractivity contribution < 1.29 is 0 Å². The Hall–Kier alpha value is -0.640. The van der Waals surface area contributed by atoms with Crippen molar-refractivity contribution in [2.24, 2.45) is 0 Å². The van der Waals surface area contributed by atoms with E-state index in [9.17, 15) is 0 Å². The van der Waals surface area contributed by atoms with Gasteiger partial charge in [0.15, 0.2) is 5.82 Å². The van der Waals surface area contributed by atoms with E-state index in [0.29, 0.717) is 6.04 Å². The summed E-state index contributed by atoms with van der Waals surface area (Å²) >= 11 is 3.44. The van der Waals surface area contributed by atoms with Gasteiger partial charge in [0.05, 0.1) is 6.20 Å². The van der Waals surface area contributed by atoms with Gasteiger partial charge in [0.25, 0.3) is 0 Å². The molecular weight excluding hydrogens is 230 g/mol. The molecule has 1 aromatic heterocycles. The molecule has 0 aliphatic rings. The van der Waals surface area contributed by atoms with Crippen LogP contribution in [0.4, 0.5) is 5.82 Å². The third kappa shape index (κ3) is 2.66. The highest BCUT2D eigenvalue weighted by atomic mass is 79.9. The molecule has 0 N–H and O–H groups in total. The predicted octanol–water partition coefficient (Wildman–Crippen LogP) is 2.00. The van der Waals surface area contributed by atoms with Gasteiger partial charge in [-0.1, -0.05) is 15.9 Å². The molecule has 0 saturated heterocycles. The number of aryl methyl sites for hydroxylation is 1. The van der Waals surface area contributed by atoms with Gasteiger partial charge in [0, 0.05) is 18.4 Å². The predicted molar refractivity (Wildman–Crippen MR) is 58.4 cm³/mol. The van der Waals surface area contributed by atoms with Gasteiger partial charge in [-0.3, -0.25) is 0 Å². The third-order valence-electron chi connectivity index (χ3n) is 2.02. The molecule has 1 unspecified atom stereocenters. The van der Waals surface area contributed by atoms with Crippen LogP contribution in [0.1, 0.15) is 12.5 Å². The largest absolute Gasteiger partial charge is 0.355 e. The van der Waals surface area contributed by atoms with Crippen LogP contribution < -0.4 is 4.90 Å². The monoisotopic (exact) mass is 243 g/mol. The number of alkyl halides is 1. The molecule has 0 aliphatic carbocycles. The highest BCUT2D eigenvalue weighted by Crippen LogP contribution is 2.12. The average Bonchev–Trinajstić information content (AvgIpc) is 2.15. The van der Waals surface area contributed by atoms with Crippen molar-refractivity contribution in [3.63, 3.8) is 0 Å². The maximum atomic E-state index is 4.06. The molecule has 1 rings (SSSR count). The van der Waals surface area contributed by atoms with Crippen molar-refractivity contribution in [3.8, 4) is 0 Å². The van der Waals surface area contributed by atoms with Crippen LogP contribution in [0, 0.1) is 6.92 Å². The molecule has 13 heavy (non-hydrogen) atoms. The van der Waals surface area contributed by atoms with Gasteiger partial charge in [-0.25, -0.2) is 0 Å². The lowest BCUT2D eigenvalue weighted by molar-refractivity contribution is 0.746. The molecule has 0 amide bonds. The van der Waals surface area contributed by atoms with Crippen LogP contribution in [0.5, 0.6) is 0 Å². The summed E-state index contributed by atoms with van der Waals surface area (Å²) < 4.78 is 0. The van der Waals surface area contributed by atoms with E-state index in [1.54, 1.807) is 6.20 Å². The minimum Gasteiger partial charge on any atom is -0.355 e. The Morgan fingerprint density at radius 3 is 2.85 bits per heavy atom.